The number of rotatable bonds is 32. The molecule has 0 rings (SSSR count). The van der Waals surface area contributed by atoms with Gasteiger partial charge in [-0.05, 0) is 58.3 Å². The van der Waals surface area contributed by atoms with Gasteiger partial charge in [-0.3, -0.25) is 0 Å². The van der Waals surface area contributed by atoms with E-state index < -0.39 is 34.0 Å². The van der Waals surface area contributed by atoms with Gasteiger partial charge in [-0.25, -0.2) is 0 Å². The van der Waals surface area contributed by atoms with Crippen molar-refractivity contribution in [1.29, 1.82) is 0 Å². The second kappa shape index (κ2) is 25.7. The molecule has 0 aliphatic carbocycles. The van der Waals surface area contributed by atoms with Crippen molar-refractivity contribution in [3.8, 4) is 0 Å². The van der Waals surface area contributed by atoms with Crippen molar-refractivity contribution >= 4 is 34.0 Å². The van der Waals surface area contributed by atoms with Crippen LogP contribution in [0.4, 0.5) is 0 Å². The molecule has 0 fully saturated rings. The third-order valence-electron chi connectivity index (χ3n) is 8.34. The van der Waals surface area contributed by atoms with E-state index in [9.17, 15) is 0 Å². The van der Waals surface area contributed by atoms with Gasteiger partial charge in [0.2, 0.25) is 0 Å². The quantitative estimate of drug-likeness (QED) is 0.0523. The molecule has 0 saturated carbocycles. The van der Waals surface area contributed by atoms with Crippen molar-refractivity contribution in [1.82, 2.24) is 0 Å². The van der Waals surface area contributed by atoms with Crippen LogP contribution in [-0.4, -0.2) is 55.3 Å². The van der Waals surface area contributed by atoms with Crippen LogP contribution in [0, 0.1) is 0 Å². The molecule has 0 atom stereocenters. The third kappa shape index (κ3) is 27.5. The molecule has 0 heterocycles. The van der Waals surface area contributed by atoms with Crippen LogP contribution in [0.5, 0.6) is 0 Å². The van der Waals surface area contributed by atoms with Crippen LogP contribution in [-0.2, 0) is 21.5 Å². The molecule has 0 N–H and O–H groups in total. The van der Waals surface area contributed by atoms with Gasteiger partial charge in [0, 0.05) is 27.4 Å². The summed E-state index contributed by atoms with van der Waals surface area (Å²) in [6.45, 7) is 16.2. The molecule has 0 spiro atoms. The fraction of sp³-hybridized carbons (Fsp3) is 1.00. The molecular formula is C34H78O5Si4. The Hall–Kier alpha value is 0.668. The Kier molecular flexibility index (Phi) is 26.1. The second-order valence-corrected chi connectivity index (χ2v) is 31.1. The van der Waals surface area contributed by atoms with Crippen LogP contribution in [0.2, 0.25) is 57.9 Å². The van der Waals surface area contributed by atoms with Crippen molar-refractivity contribution in [3.63, 3.8) is 0 Å². The zero-order valence-electron chi connectivity index (χ0n) is 31.0. The van der Waals surface area contributed by atoms with Crippen LogP contribution in [0.15, 0.2) is 0 Å². The van der Waals surface area contributed by atoms with E-state index in [0.717, 1.165) is 12.5 Å². The standard InChI is InChI=1S/C34H78O5Si4/c1-35-43(36-2,37-3)34-32-30-28-26-24-22-20-18-16-14-12-11-13-15-17-19-21-23-25-27-29-31-33-42(10,38-40(4,5)6)39-41(7,8)9/h11-34H2,1-10H3. The lowest BCUT2D eigenvalue weighted by atomic mass is 10.0. The summed E-state index contributed by atoms with van der Waals surface area (Å²) in [7, 11) is -2.39. The molecule has 0 aromatic carbocycles. The van der Waals surface area contributed by atoms with E-state index in [0.29, 0.717) is 0 Å². The molecule has 0 bridgehead atoms. The highest BCUT2D eigenvalue weighted by atomic mass is 28.5. The topological polar surface area (TPSA) is 46.2 Å². The maximum absolute atomic E-state index is 6.65. The molecule has 0 saturated heterocycles. The van der Waals surface area contributed by atoms with Gasteiger partial charge < -0.3 is 21.5 Å². The van der Waals surface area contributed by atoms with Crippen molar-refractivity contribution in [2.75, 3.05) is 21.3 Å². The highest BCUT2D eigenvalue weighted by molar-refractivity contribution is 6.87. The minimum atomic E-state index is -2.35. The first kappa shape index (κ1) is 43.7. The summed E-state index contributed by atoms with van der Waals surface area (Å²) in [5.74, 6) is 0. The van der Waals surface area contributed by atoms with Crippen molar-refractivity contribution < 1.29 is 21.5 Å². The summed E-state index contributed by atoms with van der Waals surface area (Å²) in [5, 5.41) is 0. The molecule has 260 valence electrons. The average molecular weight is 679 g/mol. The van der Waals surface area contributed by atoms with Gasteiger partial charge in [0.05, 0.1) is 0 Å². The summed E-state index contributed by atoms with van der Waals surface area (Å²) >= 11 is 0. The Morgan fingerprint density at radius 1 is 0.302 bits per heavy atom. The Balaban J connectivity index is 3.46. The van der Waals surface area contributed by atoms with Crippen LogP contribution in [0.1, 0.15) is 141 Å². The van der Waals surface area contributed by atoms with Crippen LogP contribution >= 0.6 is 0 Å². The summed E-state index contributed by atoms with van der Waals surface area (Å²) in [6, 6.07) is 2.11. The Morgan fingerprint density at radius 3 is 0.721 bits per heavy atom. The lowest BCUT2D eigenvalue weighted by Gasteiger charge is -2.38. The van der Waals surface area contributed by atoms with E-state index in [2.05, 4.69) is 45.8 Å². The largest absolute Gasteiger partial charge is 0.500 e. The van der Waals surface area contributed by atoms with Crippen LogP contribution < -0.4 is 0 Å². The summed E-state index contributed by atoms with van der Waals surface area (Å²) in [5.41, 5.74) is 0. The van der Waals surface area contributed by atoms with Gasteiger partial charge in [0.15, 0.2) is 16.6 Å². The van der Waals surface area contributed by atoms with E-state index >= 15 is 0 Å². The molecule has 0 aromatic heterocycles. The number of unbranched alkanes of at least 4 members (excludes halogenated alkanes) is 21. The summed E-state index contributed by atoms with van der Waals surface area (Å²) in [6.07, 6.45) is 30.6. The highest BCUT2D eigenvalue weighted by Crippen LogP contribution is 2.27. The molecule has 0 amide bonds. The summed E-state index contributed by atoms with van der Waals surface area (Å²) < 4.78 is 29.8. The van der Waals surface area contributed by atoms with Gasteiger partial charge in [0.25, 0.3) is 0 Å². The monoisotopic (exact) mass is 678 g/mol. The van der Waals surface area contributed by atoms with E-state index in [1.807, 2.05) is 0 Å². The van der Waals surface area contributed by atoms with Crippen LogP contribution in [0.25, 0.3) is 0 Å². The van der Waals surface area contributed by atoms with Crippen molar-refractivity contribution in [3.05, 3.63) is 0 Å². The van der Waals surface area contributed by atoms with E-state index in [1.165, 1.54) is 141 Å². The lowest BCUT2D eigenvalue weighted by Crippen LogP contribution is -2.52. The Morgan fingerprint density at radius 2 is 0.512 bits per heavy atom. The van der Waals surface area contributed by atoms with E-state index in [1.54, 1.807) is 21.3 Å². The van der Waals surface area contributed by atoms with Gasteiger partial charge >= 0.3 is 17.4 Å². The maximum atomic E-state index is 6.65. The molecular weight excluding hydrogens is 601 g/mol. The zero-order chi connectivity index (χ0) is 32.5. The van der Waals surface area contributed by atoms with Gasteiger partial charge in [0.1, 0.15) is 0 Å². The smallest absolute Gasteiger partial charge is 0.437 e. The molecule has 0 unspecified atom stereocenters. The van der Waals surface area contributed by atoms with E-state index in [4.69, 9.17) is 21.5 Å². The Labute approximate surface area is 275 Å². The highest BCUT2D eigenvalue weighted by Gasteiger charge is 2.39. The van der Waals surface area contributed by atoms with Crippen molar-refractivity contribution in [2.45, 2.75) is 199 Å². The average Bonchev–Trinajstić information content (AvgIpc) is 2.91. The molecule has 0 aliphatic heterocycles. The fourth-order valence-electron chi connectivity index (χ4n) is 6.30. The molecule has 9 heteroatoms. The third-order valence-corrected chi connectivity index (χ3v) is 20.8. The maximum Gasteiger partial charge on any atom is 0.500 e. The first-order valence-electron chi connectivity index (χ1n) is 18.4. The Bertz CT molecular complexity index is 597. The second-order valence-electron chi connectivity index (χ2n) is 15.1. The summed E-state index contributed by atoms with van der Waals surface area (Å²) in [4.78, 5) is 0. The molecule has 0 radical (unpaired) electrons. The molecule has 43 heavy (non-hydrogen) atoms. The van der Waals surface area contributed by atoms with Crippen LogP contribution in [0.3, 0.4) is 0 Å². The van der Waals surface area contributed by atoms with Gasteiger partial charge in [-0.15, -0.1) is 0 Å². The van der Waals surface area contributed by atoms with Crippen molar-refractivity contribution in [2.24, 2.45) is 0 Å². The minimum absolute atomic E-state index is 0.934. The van der Waals surface area contributed by atoms with E-state index in [-0.39, 0.29) is 0 Å². The number of hydrogen-bond donors (Lipinski definition) is 0. The first-order chi connectivity index (χ1) is 20.3. The molecule has 0 aromatic rings. The van der Waals surface area contributed by atoms with Gasteiger partial charge in [-0.1, -0.05) is 135 Å². The first-order valence-corrected chi connectivity index (χ1v) is 29.6. The molecule has 0 aliphatic rings. The normalized spacial score (nSPS) is 13.3. The SMILES string of the molecule is CO[Si](CCCCCCCCCCCCCCCCCCCCCCCC[Si](C)(O[Si](C)(C)C)O[Si](C)(C)C)(OC)OC. The van der Waals surface area contributed by atoms with Gasteiger partial charge in [-0.2, -0.15) is 0 Å². The fourth-order valence-corrected chi connectivity index (χ4v) is 20.7. The minimum Gasteiger partial charge on any atom is -0.437 e. The zero-order valence-corrected chi connectivity index (χ0v) is 35.0. The number of hydrogen-bond acceptors (Lipinski definition) is 5. The predicted molar refractivity (Wildman–Crippen MR) is 198 cm³/mol. The lowest BCUT2D eigenvalue weighted by molar-refractivity contribution is 0.122. The molecule has 5 nitrogen and oxygen atoms in total. The predicted octanol–water partition coefficient (Wildman–Crippen LogP) is 12.2.